The average molecular weight is 370 g/mol. The van der Waals surface area contributed by atoms with Crippen LogP contribution in [-0.4, -0.2) is 50.7 Å². The molecule has 0 radical (unpaired) electrons. The van der Waals surface area contributed by atoms with Crippen LogP contribution in [0.25, 0.3) is 0 Å². The van der Waals surface area contributed by atoms with Crippen LogP contribution in [0, 0.1) is 6.92 Å². The van der Waals surface area contributed by atoms with Crippen LogP contribution in [-0.2, 0) is 16.1 Å². The first-order valence-electron chi connectivity index (χ1n) is 7.61. The van der Waals surface area contributed by atoms with Crippen LogP contribution >= 0.6 is 23.2 Å². The van der Waals surface area contributed by atoms with E-state index in [0.717, 1.165) is 5.56 Å². The Morgan fingerprint density at radius 2 is 2.21 bits per heavy atom. The van der Waals surface area contributed by atoms with Crippen molar-refractivity contribution in [3.8, 4) is 0 Å². The van der Waals surface area contributed by atoms with Crippen molar-refractivity contribution in [3.05, 3.63) is 39.6 Å². The van der Waals surface area contributed by atoms with Gasteiger partial charge in [0.25, 0.3) is 0 Å². The maximum absolute atomic E-state index is 12.4. The van der Waals surface area contributed by atoms with E-state index in [2.05, 4.69) is 15.5 Å². The van der Waals surface area contributed by atoms with Gasteiger partial charge in [-0.2, -0.15) is 0 Å². The summed E-state index contributed by atoms with van der Waals surface area (Å²) in [5.74, 6) is 0.747. The van der Waals surface area contributed by atoms with Gasteiger partial charge in [-0.1, -0.05) is 29.3 Å². The molecule has 0 aliphatic carbocycles. The normalized spacial score (nSPS) is 18.0. The van der Waals surface area contributed by atoms with Gasteiger partial charge in [-0.3, -0.25) is 4.79 Å². The second-order valence-electron chi connectivity index (χ2n) is 5.57. The largest absolute Gasteiger partial charge is 0.370 e. The van der Waals surface area contributed by atoms with Gasteiger partial charge in [-0.05, 0) is 35.0 Å². The molecule has 0 unspecified atom stereocenters. The van der Waals surface area contributed by atoms with Crippen molar-refractivity contribution in [2.24, 2.45) is 0 Å². The van der Waals surface area contributed by atoms with Crippen LogP contribution < -0.4 is 0 Å². The van der Waals surface area contributed by atoms with Crippen molar-refractivity contribution in [1.29, 1.82) is 0 Å². The van der Waals surface area contributed by atoms with Gasteiger partial charge in [-0.15, -0.1) is 5.10 Å². The molecule has 2 heterocycles. The summed E-state index contributed by atoms with van der Waals surface area (Å²) in [6.45, 7) is 3.82. The number of morpholine rings is 1. The summed E-state index contributed by atoms with van der Waals surface area (Å²) in [6, 6.07) is 5.40. The predicted octanol–water partition coefficient (Wildman–Crippen LogP) is 2.28. The third-order valence-corrected chi connectivity index (χ3v) is 4.72. The fourth-order valence-corrected chi connectivity index (χ4v) is 2.91. The second kappa shape index (κ2) is 7.46. The summed E-state index contributed by atoms with van der Waals surface area (Å²) >= 11 is 12.0. The lowest BCUT2D eigenvalue weighted by Gasteiger charge is -2.33. The Hall–Kier alpha value is -1.70. The van der Waals surface area contributed by atoms with E-state index in [0.29, 0.717) is 48.5 Å². The molecular formula is C15H17Cl2N5O2. The van der Waals surface area contributed by atoms with Crippen LogP contribution in [0.5, 0.6) is 0 Å². The Morgan fingerprint density at radius 3 is 2.92 bits per heavy atom. The molecule has 1 aliphatic heterocycles. The highest BCUT2D eigenvalue weighted by atomic mass is 35.5. The quantitative estimate of drug-likeness (QED) is 0.826. The van der Waals surface area contributed by atoms with Gasteiger partial charge < -0.3 is 9.64 Å². The first-order valence-corrected chi connectivity index (χ1v) is 8.37. The molecule has 1 fully saturated rings. The number of nitrogens with zero attached hydrogens (tertiary/aromatic N) is 5. The van der Waals surface area contributed by atoms with Crippen LogP contribution in [0.15, 0.2) is 18.2 Å². The summed E-state index contributed by atoms with van der Waals surface area (Å²) in [7, 11) is 0. The predicted molar refractivity (Wildman–Crippen MR) is 88.9 cm³/mol. The lowest BCUT2D eigenvalue weighted by atomic mass is 10.1. The van der Waals surface area contributed by atoms with E-state index < -0.39 is 0 Å². The molecule has 1 aromatic carbocycles. The minimum Gasteiger partial charge on any atom is -0.370 e. The van der Waals surface area contributed by atoms with Crippen molar-refractivity contribution in [2.75, 3.05) is 19.7 Å². The molecule has 3 rings (SSSR count). The third kappa shape index (κ3) is 3.85. The molecule has 2 aromatic rings. The first-order chi connectivity index (χ1) is 11.5. The zero-order valence-electron chi connectivity index (χ0n) is 13.2. The number of halogens is 2. The van der Waals surface area contributed by atoms with Gasteiger partial charge >= 0.3 is 0 Å². The molecule has 0 saturated carbocycles. The Kier molecular flexibility index (Phi) is 5.33. The Balaban J connectivity index is 1.61. The third-order valence-electron chi connectivity index (χ3n) is 3.98. The van der Waals surface area contributed by atoms with Crippen LogP contribution in [0.3, 0.4) is 0 Å². The Labute approximate surface area is 149 Å². The van der Waals surface area contributed by atoms with Crippen molar-refractivity contribution < 1.29 is 9.53 Å². The monoisotopic (exact) mass is 369 g/mol. The fraction of sp³-hybridized carbons (Fsp3) is 0.467. The fourth-order valence-electron chi connectivity index (χ4n) is 2.61. The summed E-state index contributed by atoms with van der Waals surface area (Å²) in [4.78, 5) is 14.2. The van der Waals surface area contributed by atoms with Crippen LogP contribution in [0.4, 0.5) is 0 Å². The smallest absolute Gasteiger partial charge is 0.224 e. The number of aryl methyl sites for hydroxylation is 2. The Bertz CT molecular complexity index is 736. The number of carbonyl (C=O) groups is 1. The van der Waals surface area contributed by atoms with E-state index in [1.54, 1.807) is 28.6 Å². The van der Waals surface area contributed by atoms with E-state index in [4.69, 9.17) is 27.9 Å². The molecule has 1 aromatic heterocycles. The molecule has 0 bridgehead atoms. The van der Waals surface area contributed by atoms with Gasteiger partial charge in [0.2, 0.25) is 5.91 Å². The van der Waals surface area contributed by atoms with Gasteiger partial charge in [0, 0.05) is 13.0 Å². The molecule has 1 aliphatic rings. The number of aromatic nitrogens is 4. The minimum absolute atomic E-state index is 0.0539. The zero-order chi connectivity index (χ0) is 17.1. The molecule has 1 atom stereocenters. The first kappa shape index (κ1) is 17.1. The average Bonchev–Trinajstić information content (AvgIpc) is 3.00. The SMILES string of the molecule is Cc1nnnn1CCC(=O)N1CCO[C@H](c2ccc(Cl)c(Cl)c2)C1. The zero-order valence-corrected chi connectivity index (χ0v) is 14.7. The number of rotatable bonds is 4. The molecule has 24 heavy (non-hydrogen) atoms. The summed E-state index contributed by atoms with van der Waals surface area (Å²) in [5.41, 5.74) is 0.915. The number of hydrogen-bond acceptors (Lipinski definition) is 5. The van der Waals surface area contributed by atoms with E-state index in [1.807, 2.05) is 6.07 Å². The molecule has 9 heteroatoms. The number of tetrazole rings is 1. The molecule has 0 spiro atoms. The molecule has 128 valence electrons. The second-order valence-corrected chi connectivity index (χ2v) is 6.39. The maximum Gasteiger partial charge on any atom is 0.224 e. The lowest BCUT2D eigenvalue weighted by Crippen LogP contribution is -2.42. The summed E-state index contributed by atoms with van der Waals surface area (Å²) in [5, 5.41) is 12.2. The summed E-state index contributed by atoms with van der Waals surface area (Å²) in [6.07, 6.45) is 0.146. The van der Waals surface area contributed by atoms with E-state index in [1.165, 1.54) is 0 Å². The number of ether oxygens (including phenoxy) is 1. The van der Waals surface area contributed by atoms with E-state index in [-0.39, 0.29) is 12.0 Å². The van der Waals surface area contributed by atoms with Gasteiger partial charge in [0.05, 0.1) is 29.7 Å². The van der Waals surface area contributed by atoms with Crippen molar-refractivity contribution in [3.63, 3.8) is 0 Å². The van der Waals surface area contributed by atoms with Crippen LogP contribution in [0.2, 0.25) is 10.0 Å². The topological polar surface area (TPSA) is 73.1 Å². The highest BCUT2D eigenvalue weighted by Gasteiger charge is 2.25. The van der Waals surface area contributed by atoms with Crippen molar-refractivity contribution in [1.82, 2.24) is 25.1 Å². The maximum atomic E-state index is 12.4. The number of carbonyl (C=O) groups excluding carboxylic acids is 1. The number of benzene rings is 1. The van der Waals surface area contributed by atoms with Crippen molar-refractivity contribution >= 4 is 29.1 Å². The molecule has 0 N–H and O–H groups in total. The van der Waals surface area contributed by atoms with Gasteiger partial charge in [0.1, 0.15) is 11.9 Å². The minimum atomic E-state index is -0.202. The van der Waals surface area contributed by atoms with Gasteiger partial charge in [-0.25, -0.2) is 4.68 Å². The number of hydrogen-bond donors (Lipinski definition) is 0. The summed E-state index contributed by atoms with van der Waals surface area (Å²) < 4.78 is 7.40. The molecular weight excluding hydrogens is 353 g/mol. The van der Waals surface area contributed by atoms with E-state index in [9.17, 15) is 4.79 Å². The standard InChI is InChI=1S/C15H17Cl2N5O2/c1-10-18-19-20-22(10)5-4-15(23)21-6-7-24-14(9-21)11-2-3-12(16)13(17)8-11/h2-3,8,14H,4-7,9H2,1H3/t14-/m0/s1. The van der Waals surface area contributed by atoms with E-state index >= 15 is 0 Å². The lowest BCUT2D eigenvalue weighted by molar-refractivity contribution is -0.139. The van der Waals surface area contributed by atoms with Crippen LogP contribution in [0.1, 0.15) is 23.9 Å². The highest BCUT2D eigenvalue weighted by molar-refractivity contribution is 6.42. The molecule has 1 amide bonds. The highest BCUT2D eigenvalue weighted by Crippen LogP contribution is 2.29. The molecule has 1 saturated heterocycles. The number of amides is 1. The Morgan fingerprint density at radius 1 is 1.38 bits per heavy atom. The van der Waals surface area contributed by atoms with Crippen molar-refractivity contribution in [2.45, 2.75) is 26.0 Å². The molecule has 7 nitrogen and oxygen atoms in total. The van der Waals surface area contributed by atoms with Gasteiger partial charge in [0.15, 0.2) is 0 Å².